The molecule has 18 nitrogen and oxygen atoms in total. The van der Waals surface area contributed by atoms with Gasteiger partial charge in [-0.2, -0.15) is 0 Å². The van der Waals surface area contributed by atoms with Crippen LogP contribution in [0.3, 0.4) is 0 Å². The van der Waals surface area contributed by atoms with E-state index in [-0.39, 0.29) is 59.3 Å². The lowest BCUT2D eigenvalue weighted by Crippen LogP contribution is -2.55. The zero-order valence-corrected chi connectivity index (χ0v) is 39.2. The van der Waals surface area contributed by atoms with E-state index in [1.807, 2.05) is 36.4 Å². The Morgan fingerprint density at radius 1 is 0.826 bits per heavy atom. The Kier molecular flexibility index (Phi) is 10.8. The van der Waals surface area contributed by atoms with E-state index in [0.717, 1.165) is 68.3 Å². The highest BCUT2D eigenvalue weighted by atomic mass is 16.3. The van der Waals surface area contributed by atoms with Crippen molar-refractivity contribution in [3.8, 4) is 11.3 Å². The second kappa shape index (κ2) is 16.8. The standard InChI is InChI=1S/C51H55N11O7/c1-29-25-58(34-14-16-57(26-34)33-9-10-36-37(22-33)48(67)62(47(36)66)40-11-12-43(64)55-46(40)65)17-18-59(29)32-7-5-31(6-8-32)53-44-50(69)56(4)27-39(54-44)35-13-15-52-45(38(35)28-63)61-20-19-60-41(49(61)68)21-30-23-51(2,3)24-42(30)60/h5-10,13,15,21-22,27,29,34,40,63H,11-12,14,16-20,23-26,28H2,1-4H3,(H,53,54)(H,55,64,65)/t29-,34-,40?/m0/s1. The second-order valence-electron chi connectivity index (χ2n) is 20.1. The number of benzene rings is 2. The number of imide groups is 2. The van der Waals surface area contributed by atoms with Crippen molar-refractivity contribution < 1.29 is 29.1 Å². The average molecular weight is 934 g/mol. The van der Waals surface area contributed by atoms with Gasteiger partial charge in [-0.05, 0) is 98.2 Å². The molecule has 3 aromatic heterocycles. The second-order valence-corrected chi connectivity index (χ2v) is 20.1. The maximum absolute atomic E-state index is 14.0. The highest BCUT2D eigenvalue weighted by Crippen LogP contribution is 2.40. The van der Waals surface area contributed by atoms with E-state index in [9.17, 15) is 33.9 Å². The van der Waals surface area contributed by atoms with E-state index in [4.69, 9.17) is 4.98 Å². The first-order valence-electron chi connectivity index (χ1n) is 23.8. The number of aromatic nitrogens is 4. The highest BCUT2D eigenvalue weighted by molar-refractivity contribution is 6.23. The summed E-state index contributed by atoms with van der Waals surface area (Å²) in [6, 6.07) is 16.6. The Bertz CT molecular complexity index is 3050. The summed E-state index contributed by atoms with van der Waals surface area (Å²) in [5.41, 5.74) is 7.60. The quantitative estimate of drug-likeness (QED) is 0.181. The number of aryl methyl sites for hydroxylation is 1. The predicted molar refractivity (Wildman–Crippen MR) is 258 cm³/mol. The monoisotopic (exact) mass is 933 g/mol. The number of rotatable bonds is 9. The molecule has 0 saturated carbocycles. The lowest BCUT2D eigenvalue weighted by Gasteiger charge is -2.43. The molecule has 69 heavy (non-hydrogen) atoms. The van der Waals surface area contributed by atoms with Crippen molar-refractivity contribution in [3.63, 3.8) is 0 Å². The average Bonchev–Trinajstić information content (AvgIpc) is 4.09. The first kappa shape index (κ1) is 44.3. The minimum Gasteiger partial charge on any atom is -0.392 e. The summed E-state index contributed by atoms with van der Waals surface area (Å²) in [6.45, 7) is 11.5. The van der Waals surface area contributed by atoms with Crippen LogP contribution in [0.15, 0.2) is 71.8 Å². The lowest BCUT2D eigenvalue weighted by atomic mass is 9.90. The Morgan fingerprint density at radius 3 is 2.38 bits per heavy atom. The van der Waals surface area contributed by atoms with Gasteiger partial charge in [-0.25, -0.2) is 9.97 Å². The van der Waals surface area contributed by atoms with Gasteiger partial charge >= 0.3 is 0 Å². The van der Waals surface area contributed by atoms with Crippen LogP contribution >= 0.6 is 0 Å². The number of piperazine rings is 1. The molecule has 3 fully saturated rings. The van der Waals surface area contributed by atoms with Gasteiger partial charge in [0, 0.05) is 118 Å². The number of anilines is 5. The van der Waals surface area contributed by atoms with Gasteiger partial charge in [0.2, 0.25) is 11.8 Å². The van der Waals surface area contributed by atoms with Crippen molar-refractivity contribution in [1.29, 1.82) is 0 Å². The molecule has 5 amide bonds. The van der Waals surface area contributed by atoms with Crippen LogP contribution in [-0.4, -0.2) is 121 Å². The number of hydrogen-bond acceptors (Lipinski definition) is 13. The number of carbonyl (C=O) groups is 5. The summed E-state index contributed by atoms with van der Waals surface area (Å²) < 4.78 is 3.61. The molecule has 6 aliphatic rings. The first-order chi connectivity index (χ1) is 33.2. The smallest absolute Gasteiger partial charge is 0.293 e. The van der Waals surface area contributed by atoms with Crippen LogP contribution in [0.5, 0.6) is 0 Å². The van der Waals surface area contributed by atoms with E-state index in [1.54, 1.807) is 42.5 Å². The first-order valence-corrected chi connectivity index (χ1v) is 23.8. The number of hydrogen-bond donors (Lipinski definition) is 3. The molecule has 3 saturated heterocycles. The molecule has 5 aromatic rings. The number of piperidine rings is 1. The molecule has 11 rings (SSSR count). The molecule has 8 heterocycles. The third-order valence-electron chi connectivity index (χ3n) is 15.0. The molecule has 3 atom stereocenters. The number of carbonyl (C=O) groups excluding carboxylic acids is 5. The van der Waals surface area contributed by atoms with Crippen molar-refractivity contribution >= 4 is 58.2 Å². The van der Waals surface area contributed by atoms with Crippen molar-refractivity contribution in [2.24, 2.45) is 12.5 Å². The third kappa shape index (κ3) is 7.65. The number of nitrogens with one attached hydrogen (secondary N) is 2. The van der Waals surface area contributed by atoms with Gasteiger partial charge in [-0.1, -0.05) is 13.8 Å². The summed E-state index contributed by atoms with van der Waals surface area (Å²) in [6.07, 6.45) is 6.25. The molecule has 356 valence electrons. The fourth-order valence-electron chi connectivity index (χ4n) is 11.5. The predicted octanol–water partition coefficient (Wildman–Crippen LogP) is 3.86. The summed E-state index contributed by atoms with van der Waals surface area (Å²) >= 11 is 0. The molecule has 1 unspecified atom stereocenters. The van der Waals surface area contributed by atoms with E-state index in [2.05, 4.69) is 55.7 Å². The van der Waals surface area contributed by atoms with Crippen LogP contribution < -0.4 is 30.9 Å². The minimum absolute atomic E-state index is 0.0745. The molecule has 5 aliphatic heterocycles. The molecular formula is C51H55N11O7. The van der Waals surface area contributed by atoms with Crippen molar-refractivity contribution in [2.75, 3.05) is 59.3 Å². The van der Waals surface area contributed by atoms with Crippen molar-refractivity contribution in [3.05, 3.63) is 111 Å². The molecule has 0 spiro atoms. The number of pyridine rings is 1. The van der Waals surface area contributed by atoms with E-state index >= 15 is 0 Å². The Morgan fingerprint density at radius 2 is 1.61 bits per heavy atom. The van der Waals surface area contributed by atoms with Gasteiger partial charge in [0.25, 0.3) is 23.3 Å². The topological polar surface area (TPSA) is 199 Å². The molecule has 2 aromatic carbocycles. The van der Waals surface area contributed by atoms with Crippen molar-refractivity contribution in [1.82, 2.24) is 34.2 Å². The SMILES string of the molecule is C[C@H]1CN([C@H]2CCN(c3ccc4c(c3)C(=O)N(C3CCC(=O)NC3=O)C4=O)C2)CCN1c1ccc(Nc2nc(-c3ccnc(N4CCn5c(cc6c5CC(C)(C)C6)C4=O)c3CO)cn(C)c2=O)cc1. The number of aliphatic hydroxyl groups excluding tert-OH is 1. The molecule has 0 radical (unpaired) electrons. The number of fused-ring (bicyclic) bond motifs is 4. The van der Waals surface area contributed by atoms with Crippen molar-refractivity contribution in [2.45, 2.75) is 84.2 Å². The van der Waals surface area contributed by atoms with Gasteiger partial charge in [0.05, 0.1) is 23.4 Å². The van der Waals surface area contributed by atoms with Crippen LogP contribution in [0.2, 0.25) is 0 Å². The van der Waals surface area contributed by atoms with Crippen LogP contribution in [0.4, 0.5) is 28.7 Å². The Balaban J connectivity index is 0.735. The van der Waals surface area contributed by atoms with Crippen LogP contribution in [0, 0.1) is 5.41 Å². The molecule has 3 N–H and O–H groups in total. The van der Waals surface area contributed by atoms with Gasteiger partial charge in [0.15, 0.2) is 5.82 Å². The summed E-state index contributed by atoms with van der Waals surface area (Å²) in [4.78, 5) is 97.7. The van der Waals surface area contributed by atoms with Gasteiger partial charge in [-0.3, -0.25) is 48.8 Å². The number of aliphatic hydroxyl groups is 1. The minimum atomic E-state index is -0.999. The van der Waals surface area contributed by atoms with E-state index in [1.165, 1.54) is 15.8 Å². The van der Waals surface area contributed by atoms with Gasteiger partial charge < -0.3 is 29.4 Å². The molecule has 0 bridgehead atoms. The summed E-state index contributed by atoms with van der Waals surface area (Å²) in [5.74, 6) is -1.69. The normalized spacial score (nSPS) is 22.3. The largest absolute Gasteiger partial charge is 0.392 e. The summed E-state index contributed by atoms with van der Waals surface area (Å²) in [5, 5.41) is 16.3. The van der Waals surface area contributed by atoms with Crippen LogP contribution in [0.25, 0.3) is 11.3 Å². The maximum Gasteiger partial charge on any atom is 0.293 e. The third-order valence-corrected chi connectivity index (χ3v) is 15.0. The highest BCUT2D eigenvalue weighted by Gasteiger charge is 2.45. The number of nitrogens with zero attached hydrogens (tertiary/aromatic N) is 9. The zero-order chi connectivity index (χ0) is 48.0. The zero-order valence-electron chi connectivity index (χ0n) is 39.2. The lowest BCUT2D eigenvalue weighted by molar-refractivity contribution is -0.136. The fraction of sp³-hybridized carbons (Fsp3) is 0.412. The van der Waals surface area contributed by atoms with Crippen LogP contribution in [0.1, 0.15) is 88.1 Å². The fourth-order valence-corrected chi connectivity index (χ4v) is 11.5. The molecule has 18 heteroatoms. The maximum atomic E-state index is 14.0. The van der Waals surface area contributed by atoms with Crippen LogP contribution in [-0.2, 0) is 42.6 Å². The van der Waals surface area contributed by atoms with E-state index in [0.29, 0.717) is 53.2 Å². The Labute approximate surface area is 398 Å². The van der Waals surface area contributed by atoms with Gasteiger partial charge in [0.1, 0.15) is 17.6 Å². The van der Waals surface area contributed by atoms with E-state index < -0.39 is 29.7 Å². The molecule has 1 aliphatic carbocycles. The molecular weight excluding hydrogens is 879 g/mol. The summed E-state index contributed by atoms with van der Waals surface area (Å²) in [7, 11) is 1.66. The number of amides is 5. The Hall–Kier alpha value is -7.18. The van der Waals surface area contributed by atoms with Gasteiger partial charge in [-0.15, -0.1) is 0 Å².